The van der Waals surface area contributed by atoms with Gasteiger partial charge in [-0.1, -0.05) is 128 Å². The summed E-state index contributed by atoms with van der Waals surface area (Å²) in [6.07, 6.45) is 21.7. The van der Waals surface area contributed by atoms with Crippen LogP contribution in [0.2, 0.25) is 0 Å². The Labute approximate surface area is 259 Å². The summed E-state index contributed by atoms with van der Waals surface area (Å²) in [4.78, 5) is 53.3. The van der Waals surface area contributed by atoms with E-state index < -0.39 is 32.5 Å². The Morgan fingerprint density at radius 2 is 1.07 bits per heavy atom. The zero-order valence-corrected chi connectivity index (χ0v) is 28.1. The first-order valence-electron chi connectivity index (χ1n) is 16.3. The van der Waals surface area contributed by atoms with Crippen LogP contribution in [0.1, 0.15) is 155 Å². The van der Waals surface area contributed by atoms with Crippen LogP contribution in [0.5, 0.6) is 0 Å². The van der Waals surface area contributed by atoms with Gasteiger partial charge in [-0.15, -0.1) is 0 Å². The molecule has 0 saturated heterocycles. The zero-order valence-electron chi connectivity index (χ0n) is 26.4. The van der Waals surface area contributed by atoms with E-state index in [2.05, 4.69) is 11.4 Å². The van der Waals surface area contributed by atoms with E-state index in [1.165, 1.54) is 82.4 Å². The van der Waals surface area contributed by atoms with Crippen LogP contribution < -0.4 is 0 Å². The second-order valence-electron chi connectivity index (χ2n) is 11.1. The van der Waals surface area contributed by atoms with Gasteiger partial charge in [0.2, 0.25) is 0 Å². The second kappa shape index (κ2) is 28.8. The molecule has 0 aliphatic rings. The van der Waals surface area contributed by atoms with Crippen molar-refractivity contribution in [1.82, 2.24) is 0 Å². The minimum Gasteiger partial charge on any atom is -0.462 e. The largest absolute Gasteiger partial charge is 0.469 e. The van der Waals surface area contributed by atoms with Crippen LogP contribution in [-0.4, -0.2) is 51.9 Å². The van der Waals surface area contributed by atoms with Crippen LogP contribution in [0.15, 0.2) is 0 Å². The molecule has 0 aliphatic heterocycles. The molecular weight excluding hydrogens is 579 g/mol. The van der Waals surface area contributed by atoms with Crippen molar-refractivity contribution in [3.63, 3.8) is 0 Å². The van der Waals surface area contributed by atoms with E-state index in [1.807, 2.05) is 0 Å². The molecule has 0 bridgehead atoms. The normalized spacial score (nSPS) is 12.3. The maximum atomic E-state index is 12.3. The highest BCUT2D eigenvalue weighted by Gasteiger charge is 2.22. The molecule has 2 N–H and O–H groups in total. The fourth-order valence-electron chi connectivity index (χ4n) is 4.56. The molecule has 0 amide bonds. The van der Waals surface area contributed by atoms with E-state index in [4.69, 9.17) is 19.3 Å². The third-order valence-electron chi connectivity index (χ3n) is 6.97. The minimum atomic E-state index is -4.75. The fourth-order valence-corrected chi connectivity index (χ4v) is 5.55. The van der Waals surface area contributed by atoms with Gasteiger partial charge >= 0.3 is 19.8 Å². The van der Waals surface area contributed by atoms with Gasteiger partial charge in [-0.25, -0.2) is 4.57 Å². The van der Waals surface area contributed by atoms with Crippen molar-refractivity contribution >= 4 is 36.6 Å². The Kier molecular flexibility index (Phi) is 28.2. The molecule has 0 unspecified atom stereocenters. The summed E-state index contributed by atoms with van der Waals surface area (Å²) in [6.45, 7) is 2.98. The number of phosphoric acid groups is 1. The molecule has 1 atom stereocenters. The van der Waals surface area contributed by atoms with Gasteiger partial charge in [0.05, 0.1) is 6.61 Å². The fraction of sp³-hybridized carbons (Fsp3) is 0.903. The number of rotatable bonds is 30. The van der Waals surface area contributed by atoms with E-state index in [1.54, 1.807) is 6.92 Å². The van der Waals surface area contributed by atoms with Crippen LogP contribution in [0, 0.1) is 0 Å². The van der Waals surface area contributed by atoms with E-state index in [9.17, 15) is 18.9 Å². The quantitative estimate of drug-likeness (QED) is 0.0448. The summed E-state index contributed by atoms with van der Waals surface area (Å²) in [7, 11) is -4.75. The molecule has 9 nitrogen and oxygen atoms in total. The lowest BCUT2D eigenvalue weighted by Crippen LogP contribution is -2.29. The van der Waals surface area contributed by atoms with Crippen molar-refractivity contribution in [3.05, 3.63) is 0 Å². The maximum absolute atomic E-state index is 12.3. The molecule has 42 heavy (non-hydrogen) atoms. The van der Waals surface area contributed by atoms with Gasteiger partial charge in [0, 0.05) is 25.5 Å². The Morgan fingerprint density at radius 1 is 0.643 bits per heavy atom. The number of ether oxygens (including phenoxy) is 2. The standard InChI is InChI=1S/C31H59O9PS/c1-3-4-5-6-7-8-11-15-18-21-24-31(34)40-29(27-39-41(35,36)37)26-38-30(33)23-20-17-14-12-9-10-13-16-19-22-25-42-28(2)32/h29H,3-27H2,1-2H3,(H2,35,36,37)/t29-/m0/s1. The molecule has 0 spiro atoms. The molecular formula is C31H59O9PS. The lowest BCUT2D eigenvalue weighted by molar-refractivity contribution is -0.161. The van der Waals surface area contributed by atoms with Crippen molar-refractivity contribution in [2.75, 3.05) is 19.0 Å². The van der Waals surface area contributed by atoms with Gasteiger partial charge in [-0.3, -0.25) is 18.9 Å². The number of hydrogen-bond acceptors (Lipinski definition) is 8. The van der Waals surface area contributed by atoms with Crippen molar-refractivity contribution in [3.8, 4) is 0 Å². The number of thioether (sulfide) groups is 1. The maximum Gasteiger partial charge on any atom is 0.469 e. The number of esters is 2. The van der Waals surface area contributed by atoms with Gasteiger partial charge in [0.1, 0.15) is 6.61 Å². The number of phosphoric ester groups is 1. The molecule has 0 saturated carbocycles. The number of carbonyl (C=O) groups excluding carboxylic acids is 3. The summed E-state index contributed by atoms with van der Waals surface area (Å²) in [6, 6.07) is 0. The summed E-state index contributed by atoms with van der Waals surface area (Å²) in [5, 5.41) is 0.191. The lowest BCUT2D eigenvalue weighted by Gasteiger charge is -2.18. The van der Waals surface area contributed by atoms with Gasteiger partial charge < -0.3 is 19.3 Å². The van der Waals surface area contributed by atoms with Crippen LogP contribution in [0.25, 0.3) is 0 Å². The topological polar surface area (TPSA) is 136 Å². The van der Waals surface area contributed by atoms with Crippen LogP contribution in [-0.2, 0) is 32.9 Å². The third kappa shape index (κ3) is 32.0. The van der Waals surface area contributed by atoms with Crippen LogP contribution in [0.3, 0.4) is 0 Å². The van der Waals surface area contributed by atoms with E-state index >= 15 is 0 Å². The Bertz CT molecular complexity index is 729. The summed E-state index contributed by atoms with van der Waals surface area (Å²) < 4.78 is 26.1. The lowest BCUT2D eigenvalue weighted by atomic mass is 10.1. The van der Waals surface area contributed by atoms with Crippen molar-refractivity contribution in [2.45, 2.75) is 161 Å². The number of hydrogen-bond donors (Lipinski definition) is 2. The first-order valence-corrected chi connectivity index (χ1v) is 18.8. The first kappa shape index (κ1) is 41.1. The Morgan fingerprint density at radius 3 is 1.52 bits per heavy atom. The predicted molar refractivity (Wildman–Crippen MR) is 169 cm³/mol. The average Bonchev–Trinajstić information content (AvgIpc) is 2.93. The molecule has 0 aliphatic carbocycles. The summed E-state index contributed by atoms with van der Waals surface area (Å²) in [5.74, 6) is 0.00579. The van der Waals surface area contributed by atoms with E-state index in [-0.39, 0.29) is 24.6 Å². The summed E-state index contributed by atoms with van der Waals surface area (Å²) >= 11 is 1.40. The van der Waals surface area contributed by atoms with Crippen molar-refractivity contribution in [1.29, 1.82) is 0 Å². The molecule has 0 aromatic heterocycles. The zero-order chi connectivity index (χ0) is 31.3. The predicted octanol–water partition coefficient (Wildman–Crippen LogP) is 8.43. The highest BCUT2D eigenvalue weighted by molar-refractivity contribution is 8.13. The molecule has 0 heterocycles. The van der Waals surface area contributed by atoms with E-state index in [0.717, 1.165) is 50.7 Å². The highest BCUT2D eigenvalue weighted by Crippen LogP contribution is 2.36. The SMILES string of the molecule is CCCCCCCCCCCCC(=O)O[C@@H](COC(=O)CCCCCCCCCCCCSC(C)=O)COP(=O)(O)O. The van der Waals surface area contributed by atoms with Gasteiger partial charge in [-0.2, -0.15) is 0 Å². The monoisotopic (exact) mass is 638 g/mol. The second-order valence-corrected chi connectivity index (χ2v) is 13.6. The van der Waals surface area contributed by atoms with Gasteiger partial charge in [0.15, 0.2) is 11.2 Å². The Balaban J connectivity index is 3.97. The molecule has 0 fully saturated rings. The molecule has 248 valence electrons. The Hall–Kier alpha value is -0.930. The molecule has 11 heteroatoms. The molecule has 0 aromatic rings. The summed E-state index contributed by atoms with van der Waals surface area (Å²) in [5.41, 5.74) is 0. The van der Waals surface area contributed by atoms with Gasteiger partial charge in [-0.05, 0) is 19.3 Å². The molecule has 0 aromatic carbocycles. The van der Waals surface area contributed by atoms with Crippen molar-refractivity contribution in [2.24, 2.45) is 0 Å². The van der Waals surface area contributed by atoms with Crippen LogP contribution in [0.4, 0.5) is 0 Å². The number of unbranched alkanes of at least 4 members (excludes halogenated alkanes) is 18. The smallest absolute Gasteiger partial charge is 0.462 e. The third-order valence-corrected chi connectivity index (χ3v) is 8.36. The van der Waals surface area contributed by atoms with Crippen molar-refractivity contribution < 1.29 is 42.7 Å². The molecule has 0 radical (unpaired) electrons. The van der Waals surface area contributed by atoms with Gasteiger partial charge in [0.25, 0.3) is 0 Å². The molecule has 0 rings (SSSR count). The average molecular weight is 639 g/mol. The first-order chi connectivity index (χ1) is 20.1. The minimum absolute atomic E-state index is 0.191. The van der Waals surface area contributed by atoms with Crippen LogP contribution >= 0.6 is 19.6 Å². The highest BCUT2D eigenvalue weighted by atomic mass is 32.2. The van der Waals surface area contributed by atoms with E-state index in [0.29, 0.717) is 12.8 Å². The number of carbonyl (C=O) groups is 3.